The van der Waals surface area contributed by atoms with E-state index in [1.54, 1.807) is 11.8 Å². The summed E-state index contributed by atoms with van der Waals surface area (Å²) in [6, 6.07) is 22.9. The van der Waals surface area contributed by atoms with Gasteiger partial charge in [0, 0.05) is 24.1 Å². The van der Waals surface area contributed by atoms with E-state index in [1.165, 1.54) is 6.42 Å². The molecule has 0 bridgehead atoms. The number of nitrogens with zero attached hydrogens (tertiary/aromatic N) is 5. The lowest BCUT2D eigenvalue weighted by atomic mass is 10.1. The molecule has 0 radical (unpaired) electrons. The quantitative estimate of drug-likeness (QED) is 0.537. The molecule has 0 unspecified atom stereocenters. The molecule has 0 spiro atoms. The molecule has 0 saturated carbocycles. The number of nitriles is 1. The van der Waals surface area contributed by atoms with Gasteiger partial charge in [-0.3, -0.25) is 0 Å². The van der Waals surface area contributed by atoms with Crippen molar-refractivity contribution in [3.05, 3.63) is 88.3 Å². The number of allylic oxidation sites excluding steroid dienone is 1. The number of aromatic nitrogens is 3. The molecule has 3 aromatic rings. The topological polar surface area (TPSA) is 57.7 Å². The molecule has 5 nitrogen and oxygen atoms in total. The molecule has 2 aromatic carbocycles. The first-order valence-corrected chi connectivity index (χ1v) is 11.1. The van der Waals surface area contributed by atoms with Crippen LogP contribution < -0.4 is 4.90 Å². The molecule has 2 aliphatic heterocycles. The molecule has 0 saturated heterocycles. The Balaban J connectivity index is 1.66. The van der Waals surface area contributed by atoms with Crippen LogP contribution in [0.15, 0.2) is 71.1 Å². The second-order valence-corrected chi connectivity index (χ2v) is 8.21. The van der Waals surface area contributed by atoms with Gasteiger partial charge in [-0.25, -0.2) is 0 Å². The van der Waals surface area contributed by atoms with Crippen molar-refractivity contribution in [2.24, 2.45) is 0 Å². The van der Waals surface area contributed by atoms with E-state index in [0.29, 0.717) is 11.4 Å². The van der Waals surface area contributed by atoms with Crippen molar-refractivity contribution < 1.29 is 0 Å². The average molecular weight is 412 g/mol. The van der Waals surface area contributed by atoms with Crippen LogP contribution in [0, 0.1) is 11.3 Å². The second-order valence-electron chi connectivity index (χ2n) is 7.35. The van der Waals surface area contributed by atoms with Gasteiger partial charge >= 0.3 is 0 Å². The maximum absolute atomic E-state index is 10.2. The lowest BCUT2D eigenvalue weighted by Gasteiger charge is -2.24. The van der Waals surface area contributed by atoms with E-state index in [9.17, 15) is 5.26 Å². The third-order valence-electron chi connectivity index (χ3n) is 5.47. The monoisotopic (exact) mass is 411 g/mol. The molecule has 0 aliphatic carbocycles. The summed E-state index contributed by atoms with van der Waals surface area (Å²) < 4.78 is 2.14. The van der Waals surface area contributed by atoms with Crippen LogP contribution in [0.4, 0.5) is 5.69 Å². The number of anilines is 1. The van der Waals surface area contributed by atoms with Crippen molar-refractivity contribution in [2.45, 2.75) is 32.2 Å². The summed E-state index contributed by atoms with van der Waals surface area (Å²) in [6.07, 6.45) is 4.33. The van der Waals surface area contributed by atoms with Crippen LogP contribution in [0.25, 0.3) is 11.3 Å². The molecular weight excluding hydrogens is 390 g/mol. The molecule has 0 atom stereocenters. The van der Waals surface area contributed by atoms with Crippen molar-refractivity contribution in [3.8, 4) is 6.07 Å². The Bertz CT molecular complexity index is 1160. The first-order chi connectivity index (χ1) is 14.9. The van der Waals surface area contributed by atoms with Gasteiger partial charge in [-0.05, 0) is 30.5 Å². The number of aryl methyl sites for hydroxylation is 1. The van der Waals surface area contributed by atoms with Gasteiger partial charge in [-0.1, -0.05) is 66.7 Å². The number of benzene rings is 2. The van der Waals surface area contributed by atoms with Crippen LogP contribution in [-0.4, -0.2) is 14.8 Å². The van der Waals surface area contributed by atoms with E-state index in [2.05, 4.69) is 55.4 Å². The minimum Gasteiger partial charge on any atom is -0.310 e. The maximum atomic E-state index is 10.2. The summed E-state index contributed by atoms with van der Waals surface area (Å²) in [7, 11) is 0. The Morgan fingerprint density at radius 2 is 1.70 bits per heavy atom. The summed E-state index contributed by atoms with van der Waals surface area (Å²) in [4.78, 5) is 2.16. The zero-order valence-electron chi connectivity index (χ0n) is 16.5. The molecule has 148 valence electrons. The van der Waals surface area contributed by atoms with E-state index in [0.717, 1.165) is 53.6 Å². The van der Waals surface area contributed by atoms with Crippen LogP contribution in [0.2, 0.25) is 0 Å². The number of para-hydroxylation sites is 1. The SMILES string of the molecule is N#CC(=C1SC=C(c2ccccc2)N1c1ccccc1)c1nnc2n1CCCCC2. The van der Waals surface area contributed by atoms with Gasteiger partial charge in [0.05, 0.1) is 5.70 Å². The fourth-order valence-electron chi connectivity index (χ4n) is 4.00. The third kappa shape index (κ3) is 3.31. The highest BCUT2D eigenvalue weighted by Crippen LogP contribution is 2.45. The third-order valence-corrected chi connectivity index (χ3v) is 6.42. The van der Waals surface area contributed by atoms with Crippen LogP contribution in [-0.2, 0) is 13.0 Å². The first-order valence-electron chi connectivity index (χ1n) is 10.2. The minimum absolute atomic E-state index is 0.576. The number of rotatable bonds is 3. The van der Waals surface area contributed by atoms with Gasteiger partial charge in [0.15, 0.2) is 5.82 Å². The standard InChI is InChI=1S/C24H21N5S/c25-16-20(23-27-26-22-14-8-3-9-15-28(22)23)24-29(19-12-6-2-7-13-19)21(17-30-24)18-10-4-1-5-11-18/h1-2,4-7,10-13,17H,3,8-9,14-15H2. The highest BCUT2D eigenvalue weighted by molar-refractivity contribution is 8.06. The van der Waals surface area contributed by atoms with Gasteiger partial charge < -0.3 is 9.47 Å². The number of hydrogen-bond donors (Lipinski definition) is 0. The van der Waals surface area contributed by atoms with E-state index < -0.39 is 0 Å². The molecule has 5 rings (SSSR count). The second kappa shape index (κ2) is 8.21. The fraction of sp³-hybridized carbons (Fsp3) is 0.208. The molecule has 0 N–H and O–H groups in total. The first kappa shape index (κ1) is 18.7. The van der Waals surface area contributed by atoms with E-state index in [-0.39, 0.29) is 0 Å². The Morgan fingerprint density at radius 1 is 0.933 bits per heavy atom. The van der Waals surface area contributed by atoms with Crippen molar-refractivity contribution in [1.29, 1.82) is 5.26 Å². The van der Waals surface area contributed by atoms with Crippen molar-refractivity contribution >= 4 is 28.7 Å². The predicted octanol–water partition coefficient (Wildman–Crippen LogP) is 5.45. The number of hydrogen-bond acceptors (Lipinski definition) is 5. The minimum atomic E-state index is 0.576. The van der Waals surface area contributed by atoms with Crippen molar-refractivity contribution in [1.82, 2.24) is 14.8 Å². The highest BCUT2D eigenvalue weighted by Gasteiger charge is 2.30. The number of fused-ring (bicyclic) bond motifs is 1. The normalized spacial score (nSPS) is 17.7. The van der Waals surface area contributed by atoms with Crippen LogP contribution in [0.1, 0.15) is 36.5 Å². The fourth-order valence-corrected chi connectivity index (χ4v) is 5.03. The molecule has 3 heterocycles. The predicted molar refractivity (Wildman–Crippen MR) is 121 cm³/mol. The van der Waals surface area contributed by atoms with Crippen LogP contribution >= 0.6 is 11.8 Å². The van der Waals surface area contributed by atoms with E-state index >= 15 is 0 Å². The molecule has 1 aromatic heterocycles. The molecule has 0 fully saturated rings. The summed E-state index contributed by atoms with van der Waals surface area (Å²) in [5.74, 6) is 1.67. The summed E-state index contributed by atoms with van der Waals surface area (Å²) in [5, 5.41) is 22.1. The summed E-state index contributed by atoms with van der Waals surface area (Å²) in [5.41, 5.74) is 3.77. The van der Waals surface area contributed by atoms with Gasteiger partial charge in [0.1, 0.15) is 22.5 Å². The van der Waals surface area contributed by atoms with E-state index in [1.807, 2.05) is 36.4 Å². The zero-order chi connectivity index (χ0) is 20.3. The van der Waals surface area contributed by atoms with Gasteiger partial charge in [0.2, 0.25) is 0 Å². The Morgan fingerprint density at radius 3 is 2.47 bits per heavy atom. The van der Waals surface area contributed by atoms with Crippen molar-refractivity contribution in [3.63, 3.8) is 0 Å². The van der Waals surface area contributed by atoms with Crippen LogP contribution in [0.3, 0.4) is 0 Å². The molecule has 30 heavy (non-hydrogen) atoms. The van der Waals surface area contributed by atoms with Crippen molar-refractivity contribution in [2.75, 3.05) is 4.90 Å². The molecule has 0 amide bonds. The Hall–Kier alpha value is -3.30. The van der Waals surface area contributed by atoms with Gasteiger partial charge in [-0.15, -0.1) is 10.2 Å². The average Bonchev–Trinajstić information content (AvgIpc) is 3.33. The lowest BCUT2D eigenvalue weighted by Crippen LogP contribution is -2.17. The smallest absolute Gasteiger partial charge is 0.177 e. The molecular formula is C24H21N5S. The molecule has 2 aliphatic rings. The number of thioether (sulfide) groups is 1. The molecule has 6 heteroatoms. The van der Waals surface area contributed by atoms with Gasteiger partial charge in [-0.2, -0.15) is 5.26 Å². The summed E-state index contributed by atoms with van der Waals surface area (Å²) in [6.45, 7) is 0.866. The Labute approximate surface area is 180 Å². The largest absolute Gasteiger partial charge is 0.310 e. The summed E-state index contributed by atoms with van der Waals surface area (Å²) >= 11 is 1.57. The lowest BCUT2D eigenvalue weighted by molar-refractivity contribution is 0.627. The van der Waals surface area contributed by atoms with Gasteiger partial charge in [0.25, 0.3) is 0 Å². The van der Waals surface area contributed by atoms with Crippen LogP contribution in [0.5, 0.6) is 0 Å². The zero-order valence-corrected chi connectivity index (χ0v) is 17.3. The maximum Gasteiger partial charge on any atom is 0.177 e. The van der Waals surface area contributed by atoms with E-state index in [4.69, 9.17) is 0 Å². The highest BCUT2D eigenvalue weighted by atomic mass is 32.2. The Kier molecular flexibility index (Phi) is 5.12.